The van der Waals surface area contributed by atoms with Crippen LogP contribution in [0.2, 0.25) is 0 Å². The Hall–Kier alpha value is -1.81. The zero-order valence-electron chi connectivity index (χ0n) is 15.3. The van der Waals surface area contributed by atoms with Gasteiger partial charge in [-0.25, -0.2) is 0 Å². The van der Waals surface area contributed by atoms with Gasteiger partial charge >= 0.3 is 0 Å². The van der Waals surface area contributed by atoms with Gasteiger partial charge < -0.3 is 14.5 Å². The smallest absolute Gasteiger partial charge is 0.118 e. The molecule has 0 atom stereocenters. The number of ether oxygens (including phenoxy) is 1. The van der Waals surface area contributed by atoms with Crippen LogP contribution in [0.15, 0.2) is 35.0 Å². The van der Waals surface area contributed by atoms with Gasteiger partial charge in [-0.15, -0.1) is 0 Å². The molecule has 0 unspecified atom stereocenters. The average molecular weight is 330 g/mol. The molecule has 1 aliphatic rings. The maximum absolute atomic E-state index is 5.58. The zero-order valence-corrected chi connectivity index (χ0v) is 15.3. The fourth-order valence-corrected chi connectivity index (χ4v) is 2.82. The Bertz CT molecular complexity index is 547. The van der Waals surface area contributed by atoms with E-state index in [1.54, 1.807) is 7.11 Å². The quantitative estimate of drug-likeness (QED) is 0.423. The van der Waals surface area contributed by atoms with Crippen LogP contribution in [0.5, 0.6) is 5.75 Å². The minimum Gasteiger partial charge on any atom is -0.497 e. The van der Waals surface area contributed by atoms with Crippen molar-refractivity contribution in [3.63, 3.8) is 0 Å². The van der Waals surface area contributed by atoms with Gasteiger partial charge in [0.15, 0.2) is 0 Å². The highest BCUT2D eigenvalue weighted by Gasteiger charge is 2.13. The number of methoxy groups -OCH3 is 1. The molecule has 1 aromatic rings. The monoisotopic (exact) mass is 330 g/mol. The molecule has 0 N–H and O–H groups in total. The van der Waals surface area contributed by atoms with Crippen LogP contribution in [0.1, 0.15) is 44.1 Å². The molecule has 1 aromatic carbocycles. The first-order valence-electron chi connectivity index (χ1n) is 8.87. The lowest BCUT2D eigenvalue weighted by molar-refractivity contribution is 0.134. The van der Waals surface area contributed by atoms with E-state index in [0.717, 1.165) is 37.3 Å². The third-order valence-corrected chi connectivity index (χ3v) is 4.20. The number of hydrogen-bond donors (Lipinski definition) is 0. The fourth-order valence-electron chi connectivity index (χ4n) is 2.82. The van der Waals surface area contributed by atoms with Gasteiger partial charge in [-0.1, -0.05) is 23.7 Å². The molecule has 1 aliphatic carbocycles. The van der Waals surface area contributed by atoms with E-state index in [-0.39, 0.29) is 0 Å². The zero-order chi connectivity index (χ0) is 17.2. The highest BCUT2D eigenvalue weighted by Crippen LogP contribution is 2.24. The summed E-state index contributed by atoms with van der Waals surface area (Å²) < 4.78 is 5.23. The lowest BCUT2D eigenvalue weighted by Crippen LogP contribution is -2.14. The van der Waals surface area contributed by atoms with Crippen LogP contribution in [-0.4, -0.2) is 45.0 Å². The van der Waals surface area contributed by atoms with Gasteiger partial charge in [0.1, 0.15) is 12.4 Å². The molecule has 1 saturated carbocycles. The van der Waals surface area contributed by atoms with Gasteiger partial charge in [0.2, 0.25) is 0 Å². The van der Waals surface area contributed by atoms with E-state index < -0.39 is 0 Å². The molecule has 0 spiro atoms. The van der Waals surface area contributed by atoms with Crippen LogP contribution in [0.25, 0.3) is 6.08 Å². The summed E-state index contributed by atoms with van der Waals surface area (Å²) in [6.07, 6.45) is 9.01. The van der Waals surface area contributed by atoms with Gasteiger partial charge in [0.05, 0.1) is 12.8 Å². The molecule has 0 saturated heterocycles. The van der Waals surface area contributed by atoms with E-state index in [9.17, 15) is 0 Å². The SMILES string of the molecule is COc1ccc(C=C2CCCCCC2=NOCCCN(C)C)cc1. The topological polar surface area (TPSA) is 34.1 Å². The Morgan fingerprint density at radius 3 is 2.54 bits per heavy atom. The number of nitrogens with zero attached hydrogens (tertiary/aromatic N) is 2. The van der Waals surface area contributed by atoms with Crippen LogP contribution < -0.4 is 4.74 Å². The maximum atomic E-state index is 5.58. The molecule has 4 heteroatoms. The Labute approximate surface area is 146 Å². The van der Waals surface area contributed by atoms with Crippen LogP contribution in [0.4, 0.5) is 0 Å². The molecular weight excluding hydrogens is 300 g/mol. The van der Waals surface area contributed by atoms with E-state index >= 15 is 0 Å². The van der Waals surface area contributed by atoms with Crippen molar-refractivity contribution in [2.75, 3.05) is 34.4 Å². The first-order valence-corrected chi connectivity index (χ1v) is 8.87. The summed E-state index contributed by atoms with van der Waals surface area (Å²) in [4.78, 5) is 7.75. The van der Waals surface area contributed by atoms with Crippen LogP contribution in [0, 0.1) is 0 Å². The standard InChI is InChI=1S/C20H30N2O2/c1-22(2)14-7-15-24-21-20-9-6-4-5-8-18(20)16-17-10-12-19(23-3)13-11-17/h10-13,16H,4-9,14-15H2,1-3H3. The summed E-state index contributed by atoms with van der Waals surface area (Å²) in [5, 5.41) is 4.46. The molecular formula is C20H30N2O2. The van der Waals surface area contributed by atoms with Crippen molar-refractivity contribution in [2.24, 2.45) is 5.16 Å². The van der Waals surface area contributed by atoms with E-state index in [1.807, 2.05) is 12.1 Å². The Balaban J connectivity index is 2.03. The maximum Gasteiger partial charge on any atom is 0.118 e. The predicted octanol–water partition coefficient (Wildman–Crippen LogP) is 4.37. The lowest BCUT2D eigenvalue weighted by atomic mass is 10.0. The third kappa shape index (κ3) is 6.36. The molecule has 0 heterocycles. The Morgan fingerprint density at radius 2 is 1.83 bits per heavy atom. The molecule has 0 amide bonds. The second-order valence-corrected chi connectivity index (χ2v) is 6.53. The first kappa shape index (κ1) is 18.5. The lowest BCUT2D eigenvalue weighted by Gasteiger charge is -2.10. The highest BCUT2D eigenvalue weighted by molar-refractivity contribution is 6.03. The van der Waals surface area contributed by atoms with Crippen molar-refractivity contribution in [2.45, 2.75) is 38.5 Å². The molecule has 2 rings (SSSR count). The Kier molecular flexibility index (Phi) is 7.83. The summed E-state index contributed by atoms with van der Waals surface area (Å²) in [7, 11) is 5.84. The minimum absolute atomic E-state index is 0.678. The summed E-state index contributed by atoms with van der Waals surface area (Å²) in [5.41, 5.74) is 3.62. The van der Waals surface area contributed by atoms with Crippen LogP contribution >= 0.6 is 0 Å². The second kappa shape index (κ2) is 10.1. The molecule has 0 bridgehead atoms. The first-order chi connectivity index (χ1) is 11.7. The van der Waals surface area contributed by atoms with Crippen molar-refractivity contribution in [3.05, 3.63) is 35.4 Å². The van der Waals surface area contributed by atoms with Crippen molar-refractivity contribution in [1.82, 2.24) is 4.90 Å². The van der Waals surface area contributed by atoms with E-state index in [0.29, 0.717) is 6.61 Å². The van der Waals surface area contributed by atoms with Gasteiger partial charge in [-0.3, -0.25) is 0 Å². The predicted molar refractivity (Wildman–Crippen MR) is 101 cm³/mol. The van der Waals surface area contributed by atoms with Crippen molar-refractivity contribution in [1.29, 1.82) is 0 Å². The molecule has 0 aliphatic heterocycles. The Morgan fingerprint density at radius 1 is 1.08 bits per heavy atom. The van der Waals surface area contributed by atoms with Crippen molar-refractivity contribution >= 4 is 11.8 Å². The fraction of sp³-hybridized carbons (Fsp3) is 0.550. The van der Waals surface area contributed by atoms with Crippen LogP contribution in [0.3, 0.4) is 0 Å². The number of allylic oxidation sites excluding steroid dienone is 1. The molecule has 1 fully saturated rings. The highest BCUT2D eigenvalue weighted by atomic mass is 16.6. The van der Waals surface area contributed by atoms with Crippen molar-refractivity contribution in [3.8, 4) is 5.75 Å². The second-order valence-electron chi connectivity index (χ2n) is 6.53. The van der Waals surface area contributed by atoms with Crippen LogP contribution in [-0.2, 0) is 4.84 Å². The van der Waals surface area contributed by atoms with Gasteiger partial charge in [-0.05, 0) is 75.5 Å². The number of oxime groups is 1. The average Bonchev–Trinajstić information content (AvgIpc) is 2.80. The normalized spacial score (nSPS) is 18.8. The molecule has 24 heavy (non-hydrogen) atoms. The summed E-state index contributed by atoms with van der Waals surface area (Å²) >= 11 is 0. The number of rotatable bonds is 7. The van der Waals surface area contributed by atoms with Gasteiger partial charge in [0.25, 0.3) is 0 Å². The largest absolute Gasteiger partial charge is 0.497 e. The van der Waals surface area contributed by atoms with E-state index in [4.69, 9.17) is 9.57 Å². The molecule has 0 radical (unpaired) electrons. The molecule has 4 nitrogen and oxygen atoms in total. The van der Waals surface area contributed by atoms with Gasteiger partial charge in [0, 0.05) is 6.54 Å². The number of benzene rings is 1. The summed E-state index contributed by atoms with van der Waals surface area (Å²) in [5.74, 6) is 0.885. The van der Waals surface area contributed by atoms with E-state index in [1.165, 1.54) is 30.4 Å². The summed E-state index contributed by atoms with van der Waals surface area (Å²) in [6, 6.07) is 8.17. The number of hydrogen-bond acceptors (Lipinski definition) is 4. The summed E-state index contributed by atoms with van der Waals surface area (Å²) in [6.45, 7) is 1.71. The van der Waals surface area contributed by atoms with Gasteiger partial charge in [-0.2, -0.15) is 0 Å². The molecule has 132 valence electrons. The third-order valence-electron chi connectivity index (χ3n) is 4.20. The molecule has 0 aromatic heterocycles. The van der Waals surface area contributed by atoms with Crippen molar-refractivity contribution < 1.29 is 9.57 Å². The minimum atomic E-state index is 0.678. The van der Waals surface area contributed by atoms with E-state index in [2.05, 4.69) is 42.4 Å².